The predicted octanol–water partition coefficient (Wildman–Crippen LogP) is 3.10. The van der Waals surface area contributed by atoms with Crippen molar-refractivity contribution < 1.29 is 19.0 Å². The largest absolute Gasteiger partial charge is 0.504 e. The Morgan fingerprint density at radius 3 is 2.55 bits per heavy atom. The number of fused-ring (bicyclic) bond motifs is 5. The second-order valence-corrected chi connectivity index (χ2v) is 4.53. The van der Waals surface area contributed by atoms with Gasteiger partial charge in [-0.2, -0.15) is 0 Å². The van der Waals surface area contributed by atoms with Gasteiger partial charge in [-0.1, -0.05) is 18.2 Å². The van der Waals surface area contributed by atoms with E-state index in [1.54, 1.807) is 12.1 Å². The summed E-state index contributed by atoms with van der Waals surface area (Å²) < 4.78 is 10.8. The molecule has 0 amide bonds. The standard InChI is InChI=1S/C15H8O5/c16-9-5-8-12(6-10(9)17)19-14-13(8)7-3-1-2-4-11(7)20-15(14)18/h1-6,16,18H. The van der Waals surface area contributed by atoms with Crippen molar-refractivity contribution in [1.82, 2.24) is 0 Å². The van der Waals surface area contributed by atoms with E-state index in [-0.39, 0.29) is 17.3 Å². The number of rotatable bonds is 0. The molecule has 5 nitrogen and oxygen atoms in total. The third-order valence-electron chi connectivity index (χ3n) is 3.33. The number of phenolic OH excluding ortho intramolecular Hbond substituents is 1. The first-order valence-corrected chi connectivity index (χ1v) is 5.95. The highest BCUT2D eigenvalue weighted by atomic mass is 16.5. The third kappa shape index (κ3) is 1.29. The molecule has 2 aromatic heterocycles. The monoisotopic (exact) mass is 268 g/mol. The smallest absolute Gasteiger partial charge is 0.327 e. The van der Waals surface area contributed by atoms with Crippen LogP contribution in [0.3, 0.4) is 0 Å². The molecule has 0 atom stereocenters. The normalized spacial score (nSPS) is 11.6. The van der Waals surface area contributed by atoms with Crippen LogP contribution in [0.4, 0.5) is 0 Å². The molecule has 0 saturated heterocycles. The second-order valence-electron chi connectivity index (χ2n) is 4.53. The number of benzene rings is 2. The van der Waals surface area contributed by atoms with Gasteiger partial charge in [0.1, 0.15) is 11.2 Å². The number of furan rings is 1. The molecule has 0 spiro atoms. The number of hydrogen-bond acceptors (Lipinski definition) is 5. The summed E-state index contributed by atoms with van der Waals surface area (Å²) in [6.45, 7) is 0. The molecule has 0 aliphatic carbocycles. The minimum atomic E-state index is -0.530. The van der Waals surface area contributed by atoms with Crippen LogP contribution in [-0.4, -0.2) is 10.2 Å². The van der Waals surface area contributed by atoms with Crippen LogP contribution in [0, 0.1) is 0 Å². The Labute approximate surface area is 111 Å². The first-order chi connectivity index (χ1) is 9.65. The molecule has 0 fully saturated rings. The van der Waals surface area contributed by atoms with E-state index in [1.807, 2.05) is 12.1 Å². The Hall–Kier alpha value is -2.95. The summed E-state index contributed by atoms with van der Waals surface area (Å²) >= 11 is 0. The van der Waals surface area contributed by atoms with E-state index in [2.05, 4.69) is 0 Å². The van der Waals surface area contributed by atoms with E-state index in [4.69, 9.17) is 8.83 Å². The molecule has 0 unspecified atom stereocenters. The molecule has 20 heavy (non-hydrogen) atoms. The van der Waals surface area contributed by atoms with Crippen LogP contribution in [0.5, 0.6) is 11.7 Å². The highest BCUT2D eigenvalue weighted by molar-refractivity contribution is 6.18. The average molecular weight is 268 g/mol. The molecule has 98 valence electrons. The molecule has 0 aliphatic rings. The maximum atomic E-state index is 11.5. The number of hydrogen-bond donors (Lipinski definition) is 2. The van der Waals surface area contributed by atoms with Crippen LogP contribution in [-0.2, 0) is 0 Å². The summed E-state index contributed by atoms with van der Waals surface area (Å²) in [6, 6.07) is 9.68. The average Bonchev–Trinajstić information content (AvgIpc) is 2.79. The van der Waals surface area contributed by atoms with Crippen molar-refractivity contribution in [2.24, 2.45) is 0 Å². The lowest BCUT2D eigenvalue weighted by atomic mass is 10.1. The van der Waals surface area contributed by atoms with Crippen molar-refractivity contribution in [1.29, 1.82) is 0 Å². The lowest BCUT2D eigenvalue weighted by molar-refractivity contribution is 0.339. The highest BCUT2D eigenvalue weighted by Gasteiger charge is 2.17. The van der Waals surface area contributed by atoms with Crippen molar-refractivity contribution in [3.8, 4) is 11.7 Å². The van der Waals surface area contributed by atoms with Gasteiger partial charge in [0, 0.05) is 22.2 Å². The summed E-state index contributed by atoms with van der Waals surface area (Å²) in [7, 11) is 0. The molecule has 5 heteroatoms. The van der Waals surface area contributed by atoms with Crippen molar-refractivity contribution in [2.75, 3.05) is 0 Å². The zero-order chi connectivity index (χ0) is 13.9. The van der Waals surface area contributed by atoms with Gasteiger partial charge in [0.2, 0.25) is 11.0 Å². The van der Waals surface area contributed by atoms with Gasteiger partial charge in [0.05, 0.1) is 0 Å². The van der Waals surface area contributed by atoms with Gasteiger partial charge >= 0.3 is 5.95 Å². The second kappa shape index (κ2) is 3.54. The van der Waals surface area contributed by atoms with Crippen molar-refractivity contribution in [3.63, 3.8) is 0 Å². The minimum absolute atomic E-state index is 0.156. The molecule has 4 aromatic rings. The summed E-state index contributed by atoms with van der Waals surface area (Å²) in [5.74, 6) is -0.716. The fourth-order valence-corrected chi connectivity index (χ4v) is 2.44. The summed E-state index contributed by atoms with van der Waals surface area (Å²) in [6.07, 6.45) is 0. The zero-order valence-electron chi connectivity index (χ0n) is 10.1. The Morgan fingerprint density at radius 2 is 1.70 bits per heavy atom. The van der Waals surface area contributed by atoms with Crippen molar-refractivity contribution in [2.45, 2.75) is 0 Å². The van der Waals surface area contributed by atoms with E-state index in [0.717, 1.165) is 5.39 Å². The third-order valence-corrected chi connectivity index (χ3v) is 3.33. The topological polar surface area (TPSA) is 83.8 Å². The van der Waals surface area contributed by atoms with Crippen LogP contribution in [0.15, 0.2) is 50.0 Å². The van der Waals surface area contributed by atoms with Crippen LogP contribution >= 0.6 is 0 Å². The Balaban J connectivity index is 2.38. The number of phenols is 1. The Morgan fingerprint density at radius 1 is 0.900 bits per heavy atom. The molecule has 2 N–H and O–H groups in total. The number of para-hydroxylation sites is 1. The number of aromatic hydroxyl groups is 2. The minimum Gasteiger partial charge on any atom is -0.504 e. The summed E-state index contributed by atoms with van der Waals surface area (Å²) in [5.41, 5.74) is 0.413. The lowest BCUT2D eigenvalue weighted by Gasteiger charge is -2.00. The summed E-state index contributed by atoms with van der Waals surface area (Å²) in [4.78, 5) is 11.5. The van der Waals surface area contributed by atoms with Gasteiger partial charge < -0.3 is 19.0 Å². The van der Waals surface area contributed by atoms with E-state index >= 15 is 0 Å². The first-order valence-electron chi connectivity index (χ1n) is 5.95. The van der Waals surface area contributed by atoms with E-state index in [0.29, 0.717) is 21.9 Å². The fourth-order valence-electron chi connectivity index (χ4n) is 2.44. The molecule has 4 rings (SSSR count). The van der Waals surface area contributed by atoms with Crippen LogP contribution in [0.25, 0.3) is 32.9 Å². The molecule has 2 aromatic carbocycles. The molecule has 0 radical (unpaired) electrons. The maximum absolute atomic E-state index is 11.5. The molecule has 0 aliphatic heterocycles. The fraction of sp³-hybridized carbons (Fsp3) is 0. The van der Waals surface area contributed by atoms with E-state index in [9.17, 15) is 15.0 Å². The van der Waals surface area contributed by atoms with Crippen LogP contribution in [0.2, 0.25) is 0 Å². The SMILES string of the molecule is O=c1cc2oc3c(O)oc4ccccc4c3c2cc1O. The van der Waals surface area contributed by atoms with E-state index < -0.39 is 5.43 Å². The van der Waals surface area contributed by atoms with E-state index in [1.165, 1.54) is 12.1 Å². The molecular formula is C15H8O5. The Kier molecular flexibility index (Phi) is 1.93. The van der Waals surface area contributed by atoms with Crippen molar-refractivity contribution >= 4 is 32.9 Å². The van der Waals surface area contributed by atoms with Gasteiger partial charge in [-0.15, -0.1) is 0 Å². The van der Waals surface area contributed by atoms with Gasteiger partial charge in [0.25, 0.3) is 0 Å². The van der Waals surface area contributed by atoms with Gasteiger partial charge in [-0.3, -0.25) is 4.79 Å². The lowest BCUT2D eigenvalue weighted by Crippen LogP contribution is -1.95. The zero-order valence-corrected chi connectivity index (χ0v) is 10.1. The van der Waals surface area contributed by atoms with Crippen molar-refractivity contribution in [3.05, 3.63) is 46.6 Å². The van der Waals surface area contributed by atoms with Crippen LogP contribution in [0.1, 0.15) is 0 Å². The van der Waals surface area contributed by atoms with Gasteiger partial charge in [-0.05, 0) is 12.1 Å². The molecular weight excluding hydrogens is 260 g/mol. The maximum Gasteiger partial charge on any atom is 0.327 e. The molecule has 2 heterocycles. The first kappa shape index (κ1) is 10.9. The van der Waals surface area contributed by atoms with Gasteiger partial charge in [0.15, 0.2) is 5.75 Å². The quantitative estimate of drug-likeness (QED) is 0.512. The molecule has 0 saturated carbocycles. The summed E-state index contributed by atoms with van der Waals surface area (Å²) in [5, 5.41) is 21.4. The Bertz CT molecular complexity index is 1040. The van der Waals surface area contributed by atoms with Gasteiger partial charge in [-0.25, -0.2) is 0 Å². The highest BCUT2D eigenvalue weighted by Crippen LogP contribution is 2.39. The predicted molar refractivity (Wildman–Crippen MR) is 73.1 cm³/mol. The molecule has 0 bridgehead atoms. The van der Waals surface area contributed by atoms with Crippen LogP contribution < -0.4 is 5.43 Å².